The molecule has 0 aliphatic carbocycles. The van der Waals surface area contributed by atoms with Crippen LogP contribution in [0.1, 0.15) is 25.0 Å². The minimum atomic E-state index is -0.773. The average Bonchev–Trinajstić information content (AvgIpc) is 2.03. The van der Waals surface area contributed by atoms with E-state index in [1.807, 2.05) is 24.3 Å². The molecule has 0 radical (unpaired) electrons. The van der Waals surface area contributed by atoms with Crippen LogP contribution in [0.25, 0.3) is 0 Å². The van der Waals surface area contributed by atoms with Crippen LogP contribution in [-0.2, 0) is 12.1 Å². The number of benzene rings is 1. The lowest BCUT2D eigenvalue weighted by Crippen LogP contribution is -2.15. The lowest BCUT2D eigenvalue weighted by atomic mass is 9.97. The van der Waals surface area contributed by atoms with Crippen LogP contribution in [0.5, 0.6) is 0 Å². The molecule has 0 bridgehead atoms. The van der Waals surface area contributed by atoms with Crippen molar-refractivity contribution in [3.8, 4) is 0 Å². The third-order valence-electron chi connectivity index (χ3n) is 1.87. The molecule has 0 unspecified atom stereocenters. The first-order chi connectivity index (χ1) is 5.54. The Morgan fingerprint density at radius 2 is 2.00 bits per heavy atom. The van der Waals surface area contributed by atoms with Gasteiger partial charge in [0, 0.05) is 6.54 Å². The Morgan fingerprint density at radius 1 is 1.38 bits per heavy atom. The maximum Gasteiger partial charge on any atom is 0.0840 e. The van der Waals surface area contributed by atoms with Gasteiger partial charge in [-0.15, -0.1) is 12.4 Å². The molecule has 0 saturated carbocycles. The van der Waals surface area contributed by atoms with E-state index >= 15 is 0 Å². The van der Waals surface area contributed by atoms with Gasteiger partial charge < -0.3 is 10.8 Å². The van der Waals surface area contributed by atoms with Crippen LogP contribution in [0.4, 0.5) is 0 Å². The van der Waals surface area contributed by atoms with E-state index < -0.39 is 5.60 Å². The van der Waals surface area contributed by atoms with E-state index in [2.05, 4.69) is 0 Å². The molecule has 1 aromatic carbocycles. The standard InChI is InChI=1S/C10H15NO.ClH/c1-10(2,12)9-5-3-4-8(6-9)7-11;/h3-6,12H,7,11H2,1-2H3;1H. The molecule has 0 spiro atoms. The summed E-state index contributed by atoms with van der Waals surface area (Å²) in [5.41, 5.74) is 6.67. The van der Waals surface area contributed by atoms with Crippen LogP contribution in [0.15, 0.2) is 24.3 Å². The van der Waals surface area contributed by atoms with E-state index in [-0.39, 0.29) is 12.4 Å². The molecule has 0 aliphatic rings. The Kier molecular flexibility index (Phi) is 4.40. The summed E-state index contributed by atoms with van der Waals surface area (Å²) in [6.07, 6.45) is 0. The van der Waals surface area contributed by atoms with Gasteiger partial charge in [-0.25, -0.2) is 0 Å². The fraction of sp³-hybridized carbons (Fsp3) is 0.400. The van der Waals surface area contributed by atoms with Crippen molar-refractivity contribution in [1.29, 1.82) is 0 Å². The monoisotopic (exact) mass is 201 g/mol. The maximum absolute atomic E-state index is 9.67. The van der Waals surface area contributed by atoms with Crippen LogP contribution in [0, 0.1) is 0 Å². The Bertz CT molecular complexity index is 268. The molecule has 2 nitrogen and oxygen atoms in total. The molecule has 0 amide bonds. The smallest absolute Gasteiger partial charge is 0.0840 e. The number of rotatable bonds is 2. The van der Waals surface area contributed by atoms with Crippen molar-refractivity contribution in [2.75, 3.05) is 0 Å². The van der Waals surface area contributed by atoms with Gasteiger partial charge in [-0.2, -0.15) is 0 Å². The van der Waals surface area contributed by atoms with Crippen molar-refractivity contribution in [2.24, 2.45) is 5.73 Å². The minimum absolute atomic E-state index is 0. The number of halogens is 1. The summed E-state index contributed by atoms with van der Waals surface area (Å²) < 4.78 is 0. The molecular weight excluding hydrogens is 186 g/mol. The molecular formula is C10H16ClNO. The summed E-state index contributed by atoms with van der Waals surface area (Å²) in [7, 11) is 0. The molecule has 1 aromatic rings. The predicted octanol–water partition coefficient (Wildman–Crippen LogP) is 1.79. The third kappa shape index (κ3) is 3.35. The molecule has 1 rings (SSSR count). The predicted molar refractivity (Wildman–Crippen MR) is 56.8 cm³/mol. The van der Waals surface area contributed by atoms with Gasteiger partial charge in [0.1, 0.15) is 0 Å². The Morgan fingerprint density at radius 3 is 2.46 bits per heavy atom. The topological polar surface area (TPSA) is 46.2 Å². The van der Waals surface area contributed by atoms with E-state index in [0.717, 1.165) is 11.1 Å². The molecule has 0 heterocycles. The van der Waals surface area contributed by atoms with Gasteiger partial charge in [-0.1, -0.05) is 24.3 Å². The molecule has 0 fully saturated rings. The fourth-order valence-electron chi connectivity index (χ4n) is 1.08. The van der Waals surface area contributed by atoms with Gasteiger partial charge in [-0.05, 0) is 25.0 Å². The second-order valence-electron chi connectivity index (χ2n) is 3.46. The second-order valence-corrected chi connectivity index (χ2v) is 3.46. The highest BCUT2D eigenvalue weighted by Gasteiger charge is 2.15. The molecule has 3 heteroatoms. The third-order valence-corrected chi connectivity index (χ3v) is 1.87. The maximum atomic E-state index is 9.67. The lowest BCUT2D eigenvalue weighted by Gasteiger charge is -2.18. The van der Waals surface area contributed by atoms with E-state index in [9.17, 15) is 5.11 Å². The quantitative estimate of drug-likeness (QED) is 0.767. The van der Waals surface area contributed by atoms with Crippen molar-refractivity contribution in [2.45, 2.75) is 26.0 Å². The summed E-state index contributed by atoms with van der Waals surface area (Å²) in [4.78, 5) is 0. The highest BCUT2D eigenvalue weighted by atomic mass is 35.5. The Balaban J connectivity index is 0.00000144. The fourth-order valence-corrected chi connectivity index (χ4v) is 1.08. The molecule has 0 atom stereocenters. The van der Waals surface area contributed by atoms with Crippen molar-refractivity contribution >= 4 is 12.4 Å². The SMILES string of the molecule is CC(C)(O)c1cccc(CN)c1.Cl. The van der Waals surface area contributed by atoms with Crippen LogP contribution in [-0.4, -0.2) is 5.11 Å². The van der Waals surface area contributed by atoms with Crippen LogP contribution < -0.4 is 5.73 Å². The number of hydrogen-bond donors (Lipinski definition) is 2. The van der Waals surface area contributed by atoms with Crippen LogP contribution in [0.3, 0.4) is 0 Å². The molecule has 3 N–H and O–H groups in total. The van der Waals surface area contributed by atoms with Crippen LogP contribution in [0.2, 0.25) is 0 Å². The van der Waals surface area contributed by atoms with Crippen molar-refractivity contribution < 1.29 is 5.11 Å². The van der Waals surface area contributed by atoms with E-state index in [1.54, 1.807) is 13.8 Å². The zero-order valence-corrected chi connectivity index (χ0v) is 8.77. The van der Waals surface area contributed by atoms with E-state index in [4.69, 9.17) is 5.73 Å². The summed E-state index contributed by atoms with van der Waals surface area (Å²) in [5, 5.41) is 9.67. The molecule has 74 valence electrons. The van der Waals surface area contributed by atoms with Gasteiger partial charge in [-0.3, -0.25) is 0 Å². The van der Waals surface area contributed by atoms with E-state index in [1.165, 1.54) is 0 Å². The van der Waals surface area contributed by atoms with Gasteiger partial charge in [0.2, 0.25) is 0 Å². The molecule has 0 saturated heterocycles. The first kappa shape index (κ1) is 12.4. The summed E-state index contributed by atoms with van der Waals surface area (Å²) in [5.74, 6) is 0. The molecule has 13 heavy (non-hydrogen) atoms. The zero-order valence-electron chi connectivity index (χ0n) is 7.95. The Hall–Kier alpha value is -0.570. The largest absolute Gasteiger partial charge is 0.386 e. The molecule has 0 aromatic heterocycles. The van der Waals surface area contributed by atoms with Gasteiger partial charge in [0.25, 0.3) is 0 Å². The van der Waals surface area contributed by atoms with Crippen molar-refractivity contribution in [1.82, 2.24) is 0 Å². The van der Waals surface area contributed by atoms with E-state index in [0.29, 0.717) is 6.54 Å². The first-order valence-corrected chi connectivity index (χ1v) is 4.06. The molecule has 0 aliphatic heterocycles. The number of aliphatic hydroxyl groups is 1. The lowest BCUT2D eigenvalue weighted by molar-refractivity contribution is 0.0785. The average molecular weight is 202 g/mol. The van der Waals surface area contributed by atoms with Crippen molar-refractivity contribution in [3.63, 3.8) is 0 Å². The second kappa shape index (κ2) is 4.61. The highest BCUT2D eigenvalue weighted by molar-refractivity contribution is 5.85. The van der Waals surface area contributed by atoms with Gasteiger partial charge in [0.05, 0.1) is 5.60 Å². The summed E-state index contributed by atoms with van der Waals surface area (Å²) in [6, 6.07) is 7.70. The number of hydrogen-bond acceptors (Lipinski definition) is 2. The van der Waals surface area contributed by atoms with Crippen molar-refractivity contribution in [3.05, 3.63) is 35.4 Å². The normalized spacial score (nSPS) is 10.8. The number of nitrogens with two attached hydrogens (primary N) is 1. The van der Waals surface area contributed by atoms with Crippen LogP contribution >= 0.6 is 12.4 Å². The van der Waals surface area contributed by atoms with Gasteiger partial charge in [0.15, 0.2) is 0 Å². The Labute approximate surface area is 85.2 Å². The zero-order chi connectivity index (χ0) is 9.19. The van der Waals surface area contributed by atoms with Gasteiger partial charge >= 0.3 is 0 Å². The summed E-state index contributed by atoms with van der Waals surface area (Å²) in [6.45, 7) is 4.05. The minimum Gasteiger partial charge on any atom is -0.386 e. The highest BCUT2D eigenvalue weighted by Crippen LogP contribution is 2.19. The summed E-state index contributed by atoms with van der Waals surface area (Å²) >= 11 is 0. The first-order valence-electron chi connectivity index (χ1n) is 4.06.